The molecule has 116 valence electrons. The number of amides is 2. The fourth-order valence-corrected chi connectivity index (χ4v) is 1.88. The van der Waals surface area contributed by atoms with E-state index in [1.807, 2.05) is 32.9 Å². The third-order valence-electron chi connectivity index (χ3n) is 3.09. The molecule has 0 saturated heterocycles. The number of carbonyl (C=O) groups excluding carboxylic acids is 1. The summed E-state index contributed by atoms with van der Waals surface area (Å²) in [6.45, 7) is 6.57. The number of aromatic nitrogens is 1. The van der Waals surface area contributed by atoms with E-state index in [1.54, 1.807) is 11.1 Å². The second kappa shape index (κ2) is 8.24. The molecule has 0 bridgehead atoms. The number of aliphatic carboxylic acids is 1. The zero-order valence-corrected chi connectivity index (χ0v) is 12.8. The molecule has 1 heterocycles. The van der Waals surface area contributed by atoms with Crippen molar-refractivity contribution in [3.05, 3.63) is 29.6 Å². The molecular weight excluding hydrogens is 270 g/mol. The van der Waals surface area contributed by atoms with Gasteiger partial charge in [0.25, 0.3) is 0 Å². The summed E-state index contributed by atoms with van der Waals surface area (Å²) in [5, 5.41) is 11.5. The van der Waals surface area contributed by atoms with E-state index < -0.39 is 5.97 Å². The lowest BCUT2D eigenvalue weighted by Crippen LogP contribution is -2.44. The highest BCUT2D eigenvalue weighted by molar-refractivity contribution is 5.74. The summed E-state index contributed by atoms with van der Waals surface area (Å²) in [5.41, 5.74) is 1.87. The minimum atomic E-state index is -0.843. The summed E-state index contributed by atoms with van der Waals surface area (Å²) >= 11 is 0. The Bertz CT molecular complexity index is 472. The van der Waals surface area contributed by atoms with Crippen LogP contribution < -0.4 is 5.32 Å². The summed E-state index contributed by atoms with van der Waals surface area (Å²) in [5.74, 6) is -0.843. The number of carboxylic acid groups (broad SMARTS) is 1. The molecule has 0 aliphatic rings. The molecular formula is C15H23N3O3. The number of nitrogens with zero attached hydrogens (tertiary/aromatic N) is 2. The molecule has 0 aromatic carbocycles. The lowest BCUT2D eigenvalue weighted by molar-refractivity contribution is -0.137. The minimum absolute atomic E-state index is 0.0231. The van der Waals surface area contributed by atoms with Crippen LogP contribution in [0.5, 0.6) is 0 Å². The van der Waals surface area contributed by atoms with Crippen LogP contribution in [0.1, 0.15) is 37.9 Å². The third kappa shape index (κ3) is 6.25. The molecule has 0 aliphatic heterocycles. The van der Waals surface area contributed by atoms with E-state index in [1.165, 1.54) is 0 Å². The van der Waals surface area contributed by atoms with Crippen LogP contribution in [-0.2, 0) is 11.3 Å². The number of hydrogen-bond acceptors (Lipinski definition) is 3. The van der Waals surface area contributed by atoms with Crippen LogP contribution in [-0.4, -0.2) is 39.6 Å². The van der Waals surface area contributed by atoms with Crippen LogP contribution in [0.3, 0.4) is 0 Å². The topological polar surface area (TPSA) is 82.5 Å². The fraction of sp³-hybridized carbons (Fsp3) is 0.533. The molecule has 0 radical (unpaired) electrons. The van der Waals surface area contributed by atoms with Crippen molar-refractivity contribution in [3.8, 4) is 0 Å². The Morgan fingerprint density at radius 3 is 2.62 bits per heavy atom. The number of hydrogen-bond donors (Lipinski definition) is 2. The maximum absolute atomic E-state index is 12.1. The van der Waals surface area contributed by atoms with Crippen LogP contribution in [0.4, 0.5) is 4.79 Å². The first-order valence-corrected chi connectivity index (χ1v) is 7.08. The Labute approximate surface area is 125 Å². The van der Waals surface area contributed by atoms with Gasteiger partial charge in [-0.3, -0.25) is 9.78 Å². The van der Waals surface area contributed by atoms with Crippen LogP contribution in [0.2, 0.25) is 0 Å². The van der Waals surface area contributed by atoms with E-state index in [-0.39, 0.29) is 18.5 Å². The smallest absolute Gasteiger partial charge is 0.317 e. The molecule has 1 rings (SSSR count). The minimum Gasteiger partial charge on any atom is -0.481 e. The van der Waals surface area contributed by atoms with Crippen molar-refractivity contribution in [1.82, 2.24) is 15.2 Å². The molecule has 0 atom stereocenters. The van der Waals surface area contributed by atoms with Crippen molar-refractivity contribution in [2.45, 2.75) is 46.2 Å². The quantitative estimate of drug-likeness (QED) is 0.807. The third-order valence-corrected chi connectivity index (χ3v) is 3.09. The highest BCUT2D eigenvalue weighted by Crippen LogP contribution is 2.04. The van der Waals surface area contributed by atoms with Crippen molar-refractivity contribution >= 4 is 12.0 Å². The fourth-order valence-electron chi connectivity index (χ4n) is 1.88. The van der Waals surface area contributed by atoms with Crippen molar-refractivity contribution in [2.75, 3.05) is 6.54 Å². The molecule has 0 fully saturated rings. The standard InChI is InChI=1S/C15H23N3O3/c1-11(2)18(8-4-5-14(19)20)15(21)17-10-13-7-6-12(3)16-9-13/h6-7,9,11H,4-5,8,10H2,1-3H3,(H,17,21)(H,19,20). The van der Waals surface area contributed by atoms with Gasteiger partial charge in [-0.2, -0.15) is 0 Å². The Hall–Kier alpha value is -2.11. The number of nitrogens with one attached hydrogen (secondary N) is 1. The molecule has 2 amide bonds. The van der Waals surface area contributed by atoms with Gasteiger partial charge in [0.2, 0.25) is 0 Å². The van der Waals surface area contributed by atoms with Crippen LogP contribution in [0.15, 0.2) is 18.3 Å². The average Bonchev–Trinajstić information content (AvgIpc) is 2.42. The van der Waals surface area contributed by atoms with Gasteiger partial charge < -0.3 is 15.3 Å². The molecule has 0 spiro atoms. The van der Waals surface area contributed by atoms with E-state index in [4.69, 9.17) is 5.11 Å². The van der Waals surface area contributed by atoms with Gasteiger partial charge >= 0.3 is 12.0 Å². The first kappa shape index (κ1) is 16.9. The van der Waals surface area contributed by atoms with Gasteiger partial charge in [-0.25, -0.2) is 4.79 Å². The van der Waals surface area contributed by atoms with E-state index in [2.05, 4.69) is 10.3 Å². The maximum Gasteiger partial charge on any atom is 0.317 e. The molecule has 1 aromatic heterocycles. The molecule has 21 heavy (non-hydrogen) atoms. The summed E-state index contributed by atoms with van der Waals surface area (Å²) < 4.78 is 0. The molecule has 6 nitrogen and oxygen atoms in total. The number of rotatable bonds is 7. The molecule has 1 aromatic rings. The van der Waals surface area contributed by atoms with Crippen molar-refractivity contribution in [3.63, 3.8) is 0 Å². The van der Waals surface area contributed by atoms with Crippen LogP contribution in [0, 0.1) is 6.92 Å². The number of carboxylic acids is 1. The second-order valence-corrected chi connectivity index (χ2v) is 5.25. The summed E-state index contributed by atoms with van der Waals surface area (Å²) in [4.78, 5) is 28.5. The number of carbonyl (C=O) groups is 2. The SMILES string of the molecule is Cc1ccc(CNC(=O)N(CCCC(=O)O)C(C)C)cn1. The van der Waals surface area contributed by atoms with Crippen molar-refractivity contribution in [2.24, 2.45) is 0 Å². The highest BCUT2D eigenvalue weighted by Gasteiger charge is 2.16. The monoisotopic (exact) mass is 293 g/mol. The van der Waals surface area contributed by atoms with Gasteiger partial charge in [-0.15, -0.1) is 0 Å². The van der Waals surface area contributed by atoms with Gasteiger partial charge in [0.1, 0.15) is 0 Å². The molecule has 0 aliphatic carbocycles. The van der Waals surface area contributed by atoms with Crippen LogP contribution in [0.25, 0.3) is 0 Å². The number of aryl methyl sites for hydroxylation is 1. The van der Waals surface area contributed by atoms with E-state index in [0.29, 0.717) is 19.5 Å². The lowest BCUT2D eigenvalue weighted by atomic mass is 10.2. The zero-order valence-electron chi connectivity index (χ0n) is 12.8. The van der Waals surface area contributed by atoms with Gasteiger partial charge in [-0.1, -0.05) is 6.07 Å². The lowest BCUT2D eigenvalue weighted by Gasteiger charge is -2.26. The Morgan fingerprint density at radius 2 is 2.10 bits per heavy atom. The van der Waals surface area contributed by atoms with Gasteiger partial charge in [0, 0.05) is 37.4 Å². The van der Waals surface area contributed by atoms with E-state index in [9.17, 15) is 9.59 Å². The molecule has 6 heteroatoms. The maximum atomic E-state index is 12.1. The second-order valence-electron chi connectivity index (χ2n) is 5.25. The van der Waals surface area contributed by atoms with Crippen LogP contribution >= 0.6 is 0 Å². The Kier molecular flexibility index (Phi) is 6.65. The zero-order chi connectivity index (χ0) is 15.8. The summed E-state index contributed by atoms with van der Waals surface area (Å²) in [7, 11) is 0. The first-order valence-electron chi connectivity index (χ1n) is 7.08. The van der Waals surface area contributed by atoms with Crippen molar-refractivity contribution in [1.29, 1.82) is 0 Å². The van der Waals surface area contributed by atoms with Gasteiger partial charge in [0.05, 0.1) is 0 Å². The van der Waals surface area contributed by atoms with Gasteiger partial charge in [0.15, 0.2) is 0 Å². The Morgan fingerprint density at radius 1 is 1.38 bits per heavy atom. The largest absolute Gasteiger partial charge is 0.481 e. The highest BCUT2D eigenvalue weighted by atomic mass is 16.4. The number of pyridine rings is 1. The predicted molar refractivity (Wildman–Crippen MR) is 79.9 cm³/mol. The first-order chi connectivity index (χ1) is 9.90. The van der Waals surface area contributed by atoms with Gasteiger partial charge in [-0.05, 0) is 38.8 Å². The van der Waals surface area contributed by atoms with Crippen molar-refractivity contribution < 1.29 is 14.7 Å². The predicted octanol–water partition coefficient (Wildman–Crippen LogP) is 2.17. The normalized spacial score (nSPS) is 10.5. The summed E-state index contributed by atoms with van der Waals surface area (Å²) in [6, 6.07) is 3.66. The average molecular weight is 293 g/mol. The number of urea groups is 1. The van der Waals surface area contributed by atoms with E-state index >= 15 is 0 Å². The summed E-state index contributed by atoms with van der Waals surface area (Å²) in [6.07, 6.45) is 2.26. The molecule has 0 unspecified atom stereocenters. The Balaban J connectivity index is 2.48. The molecule has 2 N–H and O–H groups in total. The molecule has 0 saturated carbocycles. The van der Waals surface area contributed by atoms with E-state index in [0.717, 1.165) is 11.3 Å².